The quantitative estimate of drug-likeness (QED) is 0.655. The Morgan fingerprint density at radius 1 is 1.09 bits per heavy atom. The number of likely N-dealkylation sites (tertiary alicyclic amines) is 1. The van der Waals surface area contributed by atoms with Gasteiger partial charge in [0.1, 0.15) is 5.82 Å². The van der Waals surface area contributed by atoms with Gasteiger partial charge in [-0.05, 0) is 75.3 Å². The first-order valence-electron chi connectivity index (χ1n) is 11.8. The first kappa shape index (κ1) is 22.8. The predicted molar refractivity (Wildman–Crippen MR) is 128 cm³/mol. The van der Waals surface area contributed by atoms with E-state index in [-0.39, 0.29) is 5.75 Å². The number of aromatic hydroxyl groups is 1. The average molecular weight is 440 g/mol. The number of benzene rings is 1. The molecule has 2 aliphatic heterocycles. The van der Waals surface area contributed by atoms with Crippen molar-refractivity contribution in [1.29, 1.82) is 0 Å². The van der Waals surface area contributed by atoms with Crippen LogP contribution in [0.25, 0.3) is 0 Å². The van der Waals surface area contributed by atoms with Crippen molar-refractivity contribution in [3.63, 3.8) is 0 Å². The molecule has 0 aliphatic carbocycles. The predicted octanol–water partition coefficient (Wildman–Crippen LogP) is 2.55. The number of piperidine rings is 1. The van der Waals surface area contributed by atoms with E-state index in [9.17, 15) is 5.11 Å². The highest BCUT2D eigenvalue weighted by Crippen LogP contribution is 2.33. The second-order valence-electron chi connectivity index (χ2n) is 9.13. The lowest BCUT2D eigenvalue weighted by atomic mass is 9.97. The Bertz CT molecular complexity index is 847. The number of anilines is 1. The third-order valence-electron chi connectivity index (χ3n) is 6.77. The van der Waals surface area contributed by atoms with Crippen LogP contribution in [0.1, 0.15) is 24.0 Å². The molecule has 0 amide bonds. The van der Waals surface area contributed by atoms with Gasteiger partial charge < -0.3 is 25.0 Å². The van der Waals surface area contributed by atoms with E-state index in [4.69, 9.17) is 4.74 Å². The van der Waals surface area contributed by atoms with Gasteiger partial charge in [-0.25, -0.2) is 4.98 Å². The van der Waals surface area contributed by atoms with Crippen molar-refractivity contribution in [2.24, 2.45) is 5.92 Å². The Morgan fingerprint density at radius 2 is 1.88 bits per heavy atom. The number of methoxy groups -OCH3 is 1. The minimum Gasteiger partial charge on any atom is -0.504 e. The molecule has 3 heterocycles. The molecule has 174 valence electrons. The molecule has 2 aromatic rings. The molecule has 32 heavy (non-hydrogen) atoms. The molecule has 1 aromatic carbocycles. The van der Waals surface area contributed by atoms with Crippen LogP contribution in [-0.2, 0) is 13.1 Å². The third kappa shape index (κ3) is 5.91. The zero-order chi connectivity index (χ0) is 22.3. The maximum Gasteiger partial charge on any atom is 0.162 e. The summed E-state index contributed by atoms with van der Waals surface area (Å²) in [6.07, 6.45) is 4.37. The number of nitrogens with zero attached hydrogens (tertiary/aromatic N) is 4. The smallest absolute Gasteiger partial charge is 0.162 e. The summed E-state index contributed by atoms with van der Waals surface area (Å²) in [5.74, 6) is 2.61. The number of hydrogen-bond acceptors (Lipinski definition) is 7. The van der Waals surface area contributed by atoms with Gasteiger partial charge in [-0.15, -0.1) is 0 Å². The van der Waals surface area contributed by atoms with Crippen molar-refractivity contribution >= 4 is 5.82 Å². The molecule has 7 nitrogen and oxygen atoms in total. The number of ether oxygens (including phenoxy) is 1. The van der Waals surface area contributed by atoms with Gasteiger partial charge in [0.15, 0.2) is 11.5 Å². The van der Waals surface area contributed by atoms with Crippen LogP contribution in [0.15, 0.2) is 36.5 Å². The highest BCUT2D eigenvalue weighted by molar-refractivity contribution is 5.48. The summed E-state index contributed by atoms with van der Waals surface area (Å²) in [5.41, 5.74) is 2.10. The van der Waals surface area contributed by atoms with Crippen molar-refractivity contribution in [3.05, 3.63) is 47.7 Å². The van der Waals surface area contributed by atoms with Gasteiger partial charge in [-0.2, -0.15) is 0 Å². The lowest BCUT2D eigenvalue weighted by molar-refractivity contribution is 0.216. The summed E-state index contributed by atoms with van der Waals surface area (Å²) < 4.78 is 5.48. The zero-order valence-electron chi connectivity index (χ0n) is 19.5. The van der Waals surface area contributed by atoms with E-state index in [0.717, 1.165) is 68.7 Å². The molecule has 0 radical (unpaired) electrons. The Labute approximate surface area is 192 Å². The van der Waals surface area contributed by atoms with Crippen LogP contribution in [0.3, 0.4) is 0 Å². The summed E-state index contributed by atoms with van der Waals surface area (Å²) in [5, 5.41) is 14.4. The van der Waals surface area contributed by atoms with Crippen molar-refractivity contribution in [2.75, 3.05) is 64.9 Å². The van der Waals surface area contributed by atoms with E-state index in [1.807, 2.05) is 24.4 Å². The fraction of sp³-hybridized carbons (Fsp3) is 0.560. The highest BCUT2D eigenvalue weighted by Gasteiger charge is 2.21. The van der Waals surface area contributed by atoms with Gasteiger partial charge in [0.25, 0.3) is 0 Å². The molecule has 0 atom stereocenters. The molecule has 2 N–H and O–H groups in total. The molecule has 1 aromatic heterocycles. The number of phenolic OH excluding ortho intramolecular Hbond substituents is 1. The summed E-state index contributed by atoms with van der Waals surface area (Å²) in [4.78, 5) is 11.6. The van der Waals surface area contributed by atoms with Crippen molar-refractivity contribution < 1.29 is 9.84 Å². The SMILES string of the molecule is COc1cc(CNCC2CCN(C)CC2)cc(CN2CCN(c3ccccn3)CC2)c1O. The lowest BCUT2D eigenvalue weighted by Gasteiger charge is -2.35. The molecule has 2 fully saturated rings. The minimum atomic E-state index is 0.263. The van der Waals surface area contributed by atoms with E-state index in [1.54, 1.807) is 7.11 Å². The number of hydrogen-bond donors (Lipinski definition) is 2. The number of aromatic nitrogens is 1. The number of nitrogens with one attached hydrogen (secondary N) is 1. The van der Waals surface area contributed by atoms with Crippen LogP contribution in [0, 0.1) is 5.92 Å². The molecule has 0 saturated carbocycles. The standard InChI is InChI=1S/C25H37N5O2/c1-28-9-6-20(7-10-28)17-26-18-21-15-22(25(31)23(16-21)32-2)19-29-11-13-30(14-12-29)24-5-3-4-8-27-24/h3-5,8,15-16,20,26,31H,6-7,9-14,17-19H2,1-2H3. The largest absolute Gasteiger partial charge is 0.504 e. The van der Waals surface area contributed by atoms with Crippen LogP contribution >= 0.6 is 0 Å². The van der Waals surface area contributed by atoms with Gasteiger partial charge in [0.2, 0.25) is 0 Å². The third-order valence-corrected chi connectivity index (χ3v) is 6.77. The van der Waals surface area contributed by atoms with Crippen LogP contribution in [0.5, 0.6) is 11.5 Å². The van der Waals surface area contributed by atoms with E-state index < -0.39 is 0 Å². The number of rotatable bonds is 8. The maximum atomic E-state index is 10.7. The summed E-state index contributed by atoms with van der Waals surface area (Å²) in [6.45, 7) is 8.70. The van der Waals surface area contributed by atoms with Gasteiger partial charge in [-0.3, -0.25) is 4.90 Å². The van der Waals surface area contributed by atoms with Crippen LogP contribution < -0.4 is 15.0 Å². The van der Waals surface area contributed by atoms with E-state index in [2.05, 4.69) is 44.2 Å². The van der Waals surface area contributed by atoms with Gasteiger partial charge >= 0.3 is 0 Å². The molecule has 0 spiro atoms. The zero-order valence-corrected chi connectivity index (χ0v) is 19.5. The Hall–Kier alpha value is -2.35. The summed E-state index contributed by atoms with van der Waals surface area (Å²) in [6, 6.07) is 10.1. The minimum absolute atomic E-state index is 0.263. The molecule has 0 bridgehead atoms. The topological polar surface area (TPSA) is 64.1 Å². The van der Waals surface area contributed by atoms with Crippen LogP contribution in [-0.4, -0.2) is 79.9 Å². The normalized spacial score (nSPS) is 18.8. The highest BCUT2D eigenvalue weighted by atomic mass is 16.5. The molecule has 4 rings (SSSR count). The molecule has 7 heteroatoms. The second kappa shape index (κ2) is 11.0. The molecular formula is C25H37N5O2. The van der Waals surface area contributed by atoms with E-state index in [0.29, 0.717) is 5.75 Å². The number of pyridine rings is 1. The molecule has 2 aliphatic rings. The lowest BCUT2D eigenvalue weighted by Crippen LogP contribution is -2.46. The fourth-order valence-corrected chi connectivity index (χ4v) is 4.71. The summed E-state index contributed by atoms with van der Waals surface area (Å²) >= 11 is 0. The Kier molecular flexibility index (Phi) is 7.84. The van der Waals surface area contributed by atoms with Crippen LogP contribution in [0.4, 0.5) is 5.82 Å². The monoisotopic (exact) mass is 439 g/mol. The van der Waals surface area contributed by atoms with Gasteiger partial charge in [0, 0.05) is 51.0 Å². The fourth-order valence-electron chi connectivity index (χ4n) is 4.71. The summed E-state index contributed by atoms with van der Waals surface area (Å²) in [7, 11) is 3.83. The van der Waals surface area contributed by atoms with Gasteiger partial charge in [-0.1, -0.05) is 6.07 Å². The van der Waals surface area contributed by atoms with Gasteiger partial charge in [0.05, 0.1) is 7.11 Å². The Balaban J connectivity index is 1.33. The average Bonchev–Trinajstić information content (AvgIpc) is 2.83. The van der Waals surface area contributed by atoms with E-state index in [1.165, 1.54) is 25.9 Å². The second-order valence-corrected chi connectivity index (χ2v) is 9.13. The first-order valence-corrected chi connectivity index (χ1v) is 11.8. The van der Waals surface area contributed by atoms with Crippen molar-refractivity contribution in [3.8, 4) is 11.5 Å². The first-order chi connectivity index (χ1) is 15.6. The number of phenols is 1. The molecule has 2 saturated heterocycles. The van der Waals surface area contributed by atoms with Crippen molar-refractivity contribution in [2.45, 2.75) is 25.9 Å². The van der Waals surface area contributed by atoms with E-state index >= 15 is 0 Å². The molecule has 0 unspecified atom stereocenters. The maximum absolute atomic E-state index is 10.7. The van der Waals surface area contributed by atoms with Crippen LogP contribution in [0.2, 0.25) is 0 Å². The molecular weight excluding hydrogens is 402 g/mol. The Morgan fingerprint density at radius 3 is 2.56 bits per heavy atom. The number of piperazine rings is 1. The van der Waals surface area contributed by atoms with Crippen molar-refractivity contribution in [1.82, 2.24) is 20.1 Å².